The lowest BCUT2D eigenvalue weighted by Crippen LogP contribution is -2.10. The topological polar surface area (TPSA) is 47.0 Å². The first kappa shape index (κ1) is 14.9. The summed E-state index contributed by atoms with van der Waals surface area (Å²) in [4.78, 5) is 8.42. The lowest BCUT2D eigenvalue weighted by molar-refractivity contribution is 0.326. The van der Waals surface area contributed by atoms with Crippen LogP contribution in [0.5, 0.6) is 5.88 Å². The Morgan fingerprint density at radius 1 is 1.30 bits per heavy atom. The van der Waals surface area contributed by atoms with E-state index in [1.54, 1.807) is 24.4 Å². The molecule has 0 radical (unpaired) electrons. The smallest absolute Gasteiger partial charge is 0.226 e. The lowest BCUT2D eigenvalue weighted by atomic mass is 10.1. The van der Waals surface area contributed by atoms with Crippen molar-refractivity contribution in [3.8, 4) is 5.88 Å². The average molecular weight is 312 g/mol. The van der Waals surface area contributed by atoms with Gasteiger partial charge in [0.2, 0.25) is 11.8 Å². The van der Waals surface area contributed by atoms with Crippen LogP contribution in [0.15, 0.2) is 30.5 Å². The zero-order chi connectivity index (χ0) is 14.5. The van der Waals surface area contributed by atoms with Crippen molar-refractivity contribution in [1.82, 2.24) is 9.97 Å². The molecule has 1 atom stereocenters. The molecule has 20 heavy (non-hydrogen) atoms. The summed E-state index contributed by atoms with van der Waals surface area (Å²) in [7, 11) is 0. The normalized spacial score (nSPS) is 12.0. The number of aromatic nitrogens is 2. The summed E-state index contributed by atoms with van der Waals surface area (Å²) in [5.41, 5.74) is 0.932. The van der Waals surface area contributed by atoms with Gasteiger partial charge in [0.15, 0.2) is 0 Å². The summed E-state index contributed by atoms with van der Waals surface area (Å²) >= 11 is 12.1. The van der Waals surface area contributed by atoms with E-state index in [1.165, 1.54) is 0 Å². The molecule has 1 unspecified atom stereocenters. The number of halogens is 2. The van der Waals surface area contributed by atoms with Crippen LogP contribution in [0.25, 0.3) is 0 Å². The number of rotatable bonds is 5. The maximum absolute atomic E-state index is 6.18. The largest absolute Gasteiger partial charge is 0.478 e. The van der Waals surface area contributed by atoms with Crippen LogP contribution in [-0.4, -0.2) is 16.6 Å². The highest BCUT2D eigenvalue weighted by molar-refractivity contribution is 6.35. The molecule has 2 aromatic rings. The van der Waals surface area contributed by atoms with Crippen molar-refractivity contribution in [2.24, 2.45) is 0 Å². The Labute approximate surface area is 128 Å². The molecule has 106 valence electrons. The summed E-state index contributed by atoms with van der Waals surface area (Å²) in [5, 5.41) is 4.41. The van der Waals surface area contributed by atoms with Gasteiger partial charge in [-0.25, -0.2) is 4.98 Å². The van der Waals surface area contributed by atoms with Crippen molar-refractivity contribution in [1.29, 1.82) is 0 Å². The van der Waals surface area contributed by atoms with Crippen LogP contribution >= 0.6 is 23.2 Å². The van der Waals surface area contributed by atoms with Crippen molar-refractivity contribution in [3.05, 3.63) is 46.1 Å². The second kappa shape index (κ2) is 6.77. The zero-order valence-corrected chi connectivity index (χ0v) is 12.7. The van der Waals surface area contributed by atoms with Gasteiger partial charge in [0.1, 0.15) is 0 Å². The van der Waals surface area contributed by atoms with E-state index in [-0.39, 0.29) is 6.04 Å². The van der Waals surface area contributed by atoms with Gasteiger partial charge < -0.3 is 10.1 Å². The van der Waals surface area contributed by atoms with E-state index in [4.69, 9.17) is 27.9 Å². The third-order valence-electron chi connectivity index (χ3n) is 2.70. The molecule has 0 saturated carbocycles. The highest BCUT2D eigenvalue weighted by atomic mass is 35.5. The molecule has 1 aromatic carbocycles. The number of nitrogens with one attached hydrogen (secondary N) is 1. The third kappa shape index (κ3) is 3.74. The van der Waals surface area contributed by atoms with E-state index in [9.17, 15) is 0 Å². The molecule has 0 aliphatic rings. The zero-order valence-electron chi connectivity index (χ0n) is 11.2. The molecule has 0 bridgehead atoms. The third-order valence-corrected chi connectivity index (χ3v) is 3.26. The van der Waals surface area contributed by atoms with Crippen molar-refractivity contribution in [2.75, 3.05) is 11.9 Å². The maximum Gasteiger partial charge on any atom is 0.226 e. The molecule has 2 rings (SSSR count). The van der Waals surface area contributed by atoms with Gasteiger partial charge in [0, 0.05) is 22.3 Å². The Hall–Kier alpha value is -1.52. The number of ether oxygens (including phenoxy) is 1. The molecule has 4 nitrogen and oxygen atoms in total. The van der Waals surface area contributed by atoms with E-state index >= 15 is 0 Å². The summed E-state index contributed by atoms with van der Waals surface area (Å²) in [6.45, 7) is 4.45. The number of nitrogens with zero attached hydrogens (tertiary/aromatic N) is 2. The van der Waals surface area contributed by atoms with Crippen molar-refractivity contribution in [3.63, 3.8) is 0 Å². The summed E-state index contributed by atoms with van der Waals surface area (Å²) < 4.78 is 5.34. The predicted molar refractivity (Wildman–Crippen MR) is 81.7 cm³/mol. The second-order valence-corrected chi connectivity index (χ2v) is 5.03. The second-order valence-electron chi connectivity index (χ2n) is 4.18. The van der Waals surface area contributed by atoms with Crippen LogP contribution in [0.2, 0.25) is 10.0 Å². The Balaban J connectivity index is 2.14. The Kier molecular flexibility index (Phi) is 5.04. The molecular formula is C14H15Cl2N3O. The van der Waals surface area contributed by atoms with Crippen LogP contribution in [0.1, 0.15) is 25.5 Å². The van der Waals surface area contributed by atoms with Crippen molar-refractivity contribution in [2.45, 2.75) is 19.9 Å². The molecule has 1 N–H and O–H groups in total. The molecule has 0 spiro atoms. The molecule has 6 heteroatoms. The quantitative estimate of drug-likeness (QED) is 0.891. The minimum atomic E-state index is -0.0448. The standard InChI is InChI=1S/C14H15Cl2N3O/c1-3-20-13-6-7-17-14(19-13)18-9(2)11-5-4-10(15)8-12(11)16/h4-9H,3H2,1-2H3,(H,17,18,19). The fourth-order valence-corrected chi connectivity index (χ4v) is 2.34. The number of anilines is 1. The minimum Gasteiger partial charge on any atom is -0.478 e. The van der Waals surface area contributed by atoms with Crippen LogP contribution in [0.4, 0.5) is 5.95 Å². The van der Waals surface area contributed by atoms with Crippen LogP contribution in [-0.2, 0) is 0 Å². The van der Waals surface area contributed by atoms with E-state index < -0.39 is 0 Å². The fraction of sp³-hybridized carbons (Fsp3) is 0.286. The van der Waals surface area contributed by atoms with E-state index in [0.29, 0.717) is 28.5 Å². The minimum absolute atomic E-state index is 0.0448. The molecule has 1 aromatic heterocycles. The Morgan fingerprint density at radius 3 is 2.80 bits per heavy atom. The lowest BCUT2D eigenvalue weighted by Gasteiger charge is -2.16. The summed E-state index contributed by atoms with van der Waals surface area (Å²) in [6.07, 6.45) is 1.65. The Bertz CT molecular complexity index is 592. The van der Waals surface area contributed by atoms with Gasteiger partial charge in [0.25, 0.3) is 0 Å². The monoisotopic (exact) mass is 311 g/mol. The van der Waals surface area contributed by atoms with Gasteiger partial charge in [-0.3, -0.25) is 0 Å². The van der Waals surface area contributed by atoms with Gasteiger partial charge in [-0.2, -0.15) is 4.98 Å². The highest BCUT2D eigenvalue weighted by Crippen LogP contribution is 2.27. The predicted octanol–water partition coefficient (Wildman–Crippen LogP) is 4.36. The summed E-state index contributed by atoms with van der Waals surface area (Å²) in [6, 6.07) is 7.08. The molecule has 0 aliphatic carbocycles. The number of hydrogen-bond donors (Lipinski definition) is 1. The first-order chi connectivity index (χ1) is 9.60. The van der Waals surface area contributed by atoms with Gasteiger partial charge in [-0.1, -0.05) is 29.3 Å². The van der Waals surface area contributed by atoms with Gasteiger partial charge in [0.05, 0.1) is 12.6 Å². The van der Waals surface area contributed by atoms with Crippen molar-refractivity contribution >= 4 is 29.2 Å². The van der Waals surface area contributed by atoms with Gasteiger partial charge >= 0.3 is 0 Å². The fourth-order valence-electron chi connectivity index (χ4n) is 1.76. The maximum atomic E-state index is 6.18. The van der Waals surface area contributed by atoms with E-state index in [2.05, 4.69) is 15.3 Å². The first-order valence-electron chi connectivity index (χ1n) is 6.27. The molecular weight excluding hydrogens is 297 g/mol. The Morgan fingerprint density at radius 2 is 2.10 bits per heavy atom. The highest BCUT2D eigenvalue weighted by Gasteiger charge is 2.11. The number of benzene rings is 1. The molecule has 0 aliphatic heterocycles. The van der Waals surface area contributed by atoms with Crippen LogP contribution in [0.3, 0.4) is 0 Å². The first-order valence-corrected chi connectivity index (χ1v) is 7.03. The molecule has 1 heterocycles. The van der Waals surface area contributed by atoms with Crippen molar-refractivity contribution < 1.29 is 4.74 Å². The van der Waals surface area contributed by atoms with Gasteiger partial charge in [-0.15, -0.1) is 0 Å². The average Bonchev–Trinajstić information content (AvgIpc) is 2.39. The number of hydrogen-bond acceptors (Lipinski definition) is 4. The van der Waals surface area contributed by atoms with Gasteiger partial charge in [-0.05, 0) is 31.5 Å². The summed E-state index contributed by atoms with van der Waals surface area (Å²) in [5.74, 6) is 1.04. The van der Waals surface area contributed by atoms with Crippen LogP contribution < -0.4 is 10.1 Å². The van der Waals surface area contributed by atoms with E-state index in [0.717, 1.165) is 5.56 Å². The van der Waals surface area contributed by atoms with E-state index in [1.807, 2.05) is 19.9 Å². The molecule has 0 saturated heterocycles. The molecule has 0 fully saturated rings. The van der Waals surface area contributed by atoms with Crippen LogP contribution in [0, 0.1) is 0 Å². The molecule has 0 amide bonds. The SMILES string of the molecule is CCOc1ccnc(NC(C)c2ccc(Cl)cc2Cl)n1.